The van der Waals surface area contributed by atoms with Gasteiger partial charge in [0.25, 0.3) is 0 Å². The fraction of sp³-hybridized carbons (Fsp3) is 0.429. The summed E-state index contributed by atoms with van der Waals surface area (Å²) in [6, 6.07) is 5.95. The second-order valence-electron chi connectivity index (χ2n) is 4.75. The van der Waals surface area contributed by atoms with E-state index in [2.05, 4.69) is 22.4 Å². The molecule has 1 atom stereocenters. The van der Waals surface area contributed by atoms with E-state index in [1.807, 2.05) is 19.2 Å². The first kappa shape index (κ1) is 15.3. The van der Waals surface area contributed by atoms with E-state index in [4.69, 9.17) is 27.7 Å². The Morgan fingerprint density at radius 1 is 1.25 bits per heavy atom. The number of halogens is 2. The highest BCUT2D eigenvalue weighted by Crippen LogP contribution is 2.23. The van der Waals surface area contributed by atoms with Crippen LogP contribution in [0.3, 0.4) is 0 Å². The number of hydrogen-bond acceptors (Lipinski definition) is 4. The van der Waals surface area contributed by atoms with Gasteiger partial charge in [0.15, 0.2) is 5.82 Å². The highest BCUT2D eigenvalue weighted by Gasteiger charge is 2.09. The van der Waals surface area contributed by atoms with Gasteiger partial charge < -0.3 is 9.84 Å². The molecule has 1 unspecified atom stereocenters. The molecule has 0 saturated carbocycles. The maximum atomic E-state index is 5.98. The molecule has 1 N–H and O–H groups in total. The van der Waals surface area contributed by atoms with Gasteiger partial charge >= 0.3 is 0 Å². The Bertz CT molecular complexity index is 571. The van der Waals surface area contributed by atoms with Crippen LogP contribution >= 0.6 is 23.2 Å². The number of aromatic nitrogens is 2. The Morgan fingerprint density at radius 2 is 2.05 bits per heavy atom. The van der Waals surface area contributed by atoms with Crippen LogP contribution in [0.25, 0.3) is 0 Å². The van der Waals surface area contributed by atoms with Crippen molar-refractivity contribution >= 4 is 23.2 Å². The van der Waals surface area contributed by atoms with Gasteiger partial charge in [-0.2, -0.15) is 4.98 Å². The van der Waals surface area contributed by atoms with E-state index in [9.17, 15) is 0 Å². The van der Waals surface area contributed by atoms with Crippen molar-refractivity contribution in [3.8, 4) is 0 Å². The average Bonchev–Trinajstić information content (AvgIpc) is 2.87. The summed E-state index contributed by atoms with van der Waals surface area (Å²) in [6.45, 7) is 2.08. The van der Waals surface area contributed by atoms with Crippen LogP contribution in [0.2, 0.25) is 10.0 Å². The maximum Gasteiger partial charge on any atom is 0.226 e. The van der Waals surface area contributed by atoms with E-state index >= 15 is 0 Å². The Kier molecular flexibility index (Phi) is 5.40. The molecule has 1 aromatic heterocycles. The van der Waals surface area contributed by atoms with Crippen LogP contribution in [-0.2, 0) is 19.3 Å². The second-order valence-corrected chi connectivity index (χ2v) is 5.56. The summed E-state index contributed by atoms with van der Waals surface area (Å²) in [5.41, 5.74) is 1.10. The standard InChI is InChI=1S/C14H17Cl2N3O/c1-9(17-2)7-13-18-14(20-19-13)6-4-10-3-5-11(15)12(16)8-10/h3,5,8-9,17H,4,6-7H2,1-2H3. The summed E-state index contributed by atoms with van der Waals surface area (Å²) in [4.78, 5) is 4.38. The zero-order valence-electron chi connectivity index (χ0n) is 11.5. The molecule has 6 heteroatoms. The summed E-state index contributed by atoms with van der Waals surface area (Å²) < 4.78 is 5.24. The van der Waals surface area contributed by atoms with Gasteiger partial charge in [-0.1, -0.05) is 34.4 Å². The zero-order valence-corrected chi connectivity index (χ0v) is 13.0. The van der Waals surface area contributed by atoms with Crippen molar-refractivity contribution in [2.45, 2.75) is 32.2 Å². The smallest absolute Gasteiger partial charge is 0.226 e. The Labute approximate surface area is 128 Å². The van der Waals surface area contributed by atoms with Gasteiger partial charge in [-0.05, 0) is 38.1 Å². The van der Waals surface area contributed by atoms with Crippen molar-refractivity contribution in [3.63, 3.8) is 0 Å². The van der Waals surface area contributed by atoms with Crippen LogP contribution in [0.5, 0.6) is 0 Å². The molecule has 4 nitrogen and oxygen atoms in total. The lowest BCUT2D eigenvalue weighted by Gasteiger charge is -2.04. The molecule has 0 aliphatic carbocycles. The van der Waals surface area contributed by atoms with Crippen molar-refractivity contribution in [1.29, 1.82) is 0 Å². The first-order chi connectivity index (χ1) is 9.58. The molecule has 0 aliphatic rings. The number of nitrogens with one attached hydrogen (secondary N) is 1. The minimum Gasteiger partial charge on any atom is -0.339 e. The number of likely N-dealkylation sites (N-methyl/N-ethyl adjacent to an activating group) is 1. The van der Waals surface area contributed by atoms with Gasteiger partial charge in [0.2, 0.25) is 5.89 Å². The van der Waals surface area contributed by atoms with Crippen LogP contribution in [0, 0.1) is 0 Å². The lowest BCUT2D eigenvalue weighted by atomic mass is 10.1. The van der Waals surface area contributed by atoms with Crippen molar-refractivity contribution in [1.82, 2.24) is 15.5 Å². The SMILES string of the molecule is CNC(C)Cc1noc(CCc2ccc(Cl)c(Cl)c2)n1. The first-order valence-electron chi connectivity index (χ1n) is 6.51. The molecule has 1 heterocycles. The predicted octanol–water partition coefficient (Wildman–Crippen LogP) is 3.31. The van der Waals surface area contributed by atoms with E-state index in [-0.39, 0.29) is 0 Å². The minimum atomic E-state index is 0.329. The average molecular weight is 314 g/mol. The van der Waals surface area contributed by atoms with Gasteiger partial charge in [-0.15, -0.1) is 0 Å². The van der Waals surface area contributed by atoms with Crippen molar-refractivity contribution in [3.05, 3.63) is 45.5 Å². The molecular formula is C14H17Cl2N3O. The fourth-order valence-electron chi connectivity index (χ4n) is 1.80. The lowest BCUT2D eigenvalue weighted by Crippen LogP contribution is -2.24. The van der Waals surface area contributed by atoms with Crippen LogP contribution in [0.15, 0.2) is 22.7 Å². The molecule has 0 amide bonds. The molecule has 0 fully saturated rings. The summed E-state index contributed by atoms with van der Waals surface area (Å²) in [5.74, 6) is 1.38. The Hall–Kier alpha value is -1.10. The molecule has 0 radical (unpaired) electrons. The maximum absolute atomic E-state index is 5.98. The van der Waals surface area contributed by atoms with E-state index < -0.39 is 0 Å². The van der Waals surface area contributed by atoms with E-state index in [0.717, 1.165) is 24.2 Å². The lowest BCUT2D eigenvalue weighted by molar-refractivity contribution is 0.371. The normalized spacial score (nSPS) is 12.6. The topological polar surface area (TPSA) is 51.0 Å². The molecule has 20 heavy (non-hydrogen) atoms. The molecule has 0 aliphatic heterocycles. The molecule has 0 spiro atoms. The third-order valence-electron chi connectivity index (χ3n) is 3.10. The van der Waals surface area contributed by atoms with E-state index in [1.165, 1.54) is 0 Å². The summed E-state index contributed by atoms with van der Waals surface area (Å²) in [7, 11) is 1.91. The summed E-state index contributed by atoms with van der Waals surface area (Å²) in [6.07, 6.45) is 2.24. The van der Waals surface area contributed by atoms with Crippen LogP contribution in [-0.4, -0.2) is 23.2 Å². The quantitative estimate of drug-likeness (QED) is 0.889. The largest absolute Gasteiger partial charge is 0.339 e. The van der Waals surface area contributed by atoms with E-state index in [0.29, 0.717) is 28.4 Å². The van der Waals surface area contributed by atoms with Crippen molar-refractivity contribution < 1.29 is 4.52 Å². The molecule has 2 aromatic rings. The first-order valence-corrected chi connectivity index (χ1v) is 7.26. The molecular weight excluding hydrogens is 297 g/mol. The van der Waals surface area contributed by atoms with Gasteiger partial charge in [-0.25, -0.2) is 0 Å². The summed E-state index contributed by atoms with van der Waals surface area (Å²) in [5, 5.41) is 8.25. The third-order valence-corrected chi connectivity index (χ3v) is 3.84. The Balaban J connectivity index is 1.92. The monoisotopic (exact) mass is 313 g/mol. The number of rotatable bonds is 6. The number of nitrogens with zero attached hydrogens (tertiary/aromatic N) is 2. The predicted molar refractivity (Wildman–Crippen MR) is 80.4 cm³/mol. The molecule has 1 aromatic carbocycles. The second kappa shape index (κ2) is 7.07. The number of benzene rings is 1. The molecule has 0 saturated heterocycles. The fourth-order valence-corrected chi connectivity index (χ4v) is 2.12. The molecule has 0 bridgehead atoms. The minimum absolute atomic E-state index is 0.329. The van der Waals surface area contributed by atoms with Crippen molar-refractivity contribution in [2.75, 3.05) is 7.05 Å². The third kappa shape index (κ3) is 4.20. The van der Waals surface area contributed by atoms with Crippen LogP contribution in [0.1, 0.15) is 24.2 Å². The summed E-state index contributed by atoms with van der Waals surface area (Å²) >= 11 is 11.9. The highest BCUT2D eigenvalue weighted by atomic mass is 35.5. The van der Waals surface area contributed by atoms with Gasteiger partial charge in [0, 0.05) is 18.9 Å². The zero-order chi connectivity index (χ0) is 14.5. The highest BCUT2D eigenvalue weighted by molar-refractivity contribution is 6.42. The van der Waals surface area contributed by atoms with Crippen LogP contribution in [0.4, 0.5) is 0 Å². The van der Waals surface area contributed by atoms with Gasteiger partial charge in [0.1, 0.15) is 0 Å². The number of aryl methyl sites for hydroxylation is 2. The molecule has 2 rings (SSSR count). The van der Waals surface area contributed by atoms with Gasteiger partial charge in [0.05, 0.1) is 10.0 Å². The molecule has 108 valence electrons. The number of hydrogen-bond donors (Lipinski definition) is 1. The van der Waals surface area contributed by atoms with Crippen LogP contribution < -0.4 is 5.32 Å². The van der Waals surface area contributed by atoms with E-state index in [1.54, 1.807) is 6.07 Å². The van der Waals surface area contributed by atoms with Crippen molar-refractivity contribution in [2.24, 2.45) is 0 Å². The Morgan fingerprint density at radius 3 is 2.75 bits per heavy atom. The van der Waals surface area contributed by atoms with Gasteiger partial charge in [-0.3, -0.25) is 0 Å².